The zero-order valence-corrected chi connectivity index (χ0v) is 21.2. The van der Waals surface area contributed by atoms with E-state index in [0.29, 0.717) is 30.6 Å². The standard InChI is InChI=1S/C21H26N2O3.2C2HF3O2/c1-24-18-7-5-16(6-8-18)14-23-10-11-25-20-13-17(12-19(20)23)15-26-21-4-2-3-9-22-21;2*3-2(4,5)1(6)7/h2-9,17,19-20H,10-15H2,1H3;2*(H,6,7). The van der Waals surface area contributed by atoms with Crippen LogP contribution in [0.15, 0.2) is 48.7 Å². The fourth-order valence-electron chi connectivity index (χ4n) is 4.06. The predicted molar refractivity (Wildman–Crippen MR) is 127 cm³/mol. The van der Waals surface area contributed by atoms with Crippen molar-refractivity contribution in [2.75, 3.05) is 26.9 Å². The third kappa shape index (κ3) is 10.9. The van der Waals surface area contributed by atoms with Gasteiger partial charge in [0.05, 0.1) is 26.4 Å². The maximum atomic E-state index is 10.6. The molecule has 1 saturated carbocycles. The van der Waals surface area contributed by atoms with E-state index in [-0.39, 0.29) is 0 Å². The zero-order chi connectivity index (χ0) is 29.9. The number of fused-ring (bicyclic) bond motifs is 1. The molecular formula is C25H28F6N2O7. The molecule has 1 saturated heterocycles. The van der Waals surface area contributed by atoms with E-state index in [1.165, 1.54) is 5.56 Å². The third-order valence-electron chi connectivity index (χ3n) is 5.88. The fraction of sp³-hybridized carbons (Fsp3) is 0.480. The van der Waals surface area contributed by atoms with Gasteiger partial charge < -0.3 is 24.4 Å². The summed E-state index contributed by atoms with van der Waals surface area (Å²) in [7, 11) is 1.70. The Bertz CT molecular complexity index is 1040. The number of nitrogens with zero attached hydrogens (tertiary/aromatic N) is 2. The highest BCUT2D eigenvalue weighted by Crippen LogP contribution is 2.35. The summed E-state index contributed by atoms with van der Waals surface area (Å²) in [6, 6.07) is 14.6. The Morgan fingerprint density at radius 3 is 2.10 bits per heavy atom. The van der Waals surface area contributed by atoms with Crippen LogP contribution < -0.4 is 9.47 Å². The van der Waals surface area contributed by atoms with E-state index >= 15 is 0 Å². The van der Waals surface area contributed by atoms with Gasteiger partial charge in [0.25, 0.3) is 0 Å². The molecule has 3 unspecified atom stereocenters. The van der Waals surface area contributed by atoms with E-state index in [4.69, 9.17) is 34.0 Å². The van der Waals surface area contributed by atoms with Crippen molar-refractivity contribution in [3.05, 3.63) is 54.2 Å². The summed E-state index contributed by atoms with van der Waals surface area (Å²) in [4.78, 5) is 24.6. The molecular weight excluding hydrogens is 554 g/mol. The summed E-state index contributed by atoms with van der Waals surface area (Å²) in [5.74, 6) is -3.39. The summed E-state index contributed by atoms with van der Waals surface area (Å²) >= 11 is 0. The van der Waals surface area contributed by atoms with Gasteiger partial charge in [0.2, 0.25) is 5.88 Å². The van der Waals surface area contributed by atoms with Crippen molar-refractivity contribution in [1.82, 2.24) is 9.88 Å². The summed E-state index contributed by atoms with van der Waals surface area (Å²) < 4.78 is 80.7. The number of benzene rings is 1. The third-order valence-corrected chi connectivity index (χ3v) is 5.88. The number of carbonyl (C=O) groups is 2. The number of hydrogen-bond donors (Lipinski definition) is 2. The number of hydrogen-bond acceptors (Lipinski definition) is 7. The summed E-state index contributed by atoms with van der Waals surface area (Å²) in [6.07, 6.45) is -5.90. The van der Waals surface area contributed by atoms with Crippen LogP contribution in [0.25, 0.3) is 0 Å². The largest absolute Gasteiger partial charge is 0.497 e. The summed E-state index contributed by atoms with van der Waals surface area (Å²) in [5, 5.41) is 14.2. The number of carboxylic acid groups (broad SMARTS) is 2. The highest BCUT2D eigenvalue weighted by atomic mass is 19.4. The van der Waals surface area contributed by atoms with Crippen molar-refractivity contribution in [2.45, 2.75) is 43.9 Å². The number of rotatable bonds is 6. The Balaban J connectivity index is 0.000000333. The van der Waals surface area contributed by atoms with Crippen molar-refractivity contribution < 1.29 is 60.4 Å². The molecule has 1 aromatic carbocycles. The maximum absolute atomic E-state index is 10.6. The van der Waals surface area contributed by atoms with E-state index < -0.39 is 24.3 Å². The maximum Gasteiger partial charge on any atom is 0.490 e. The highest BCUT2D eigenvalue weighted by molar-refractivity contribution is 5.73. The smallest absolute Gasteiger partial charge is 0.490 e. The first-order valence-electron chi connectivity index (χ1n) is 11.8. The number of carboxylic acids is 2. The Kier molecular flexibility index (Phi) is 12.0. The van der Waals surface area contributed by atoms with E-state index in [2.05, 4.69) is 22.0 Å². The van der Waals surface area contributed by atoms with Crippen LogP contribution in [-0.2, 0) is 20.9 Å². The quantitative estimate of drug-likeness (QED) is 0.478. The number of morpholine rings is 1. The van der Waals surface area contributed by atoms with Gasteiger partial charge in [-0.25, -0.2) is 14.6 Å². The Morgan fingerprint density at radius 1 is 1.00 bits per heavy atom. The molecule has 40 heavy (non-hydrogen) atoms. The molecule has 2 aromatic rings. The topological polar surface area (TPSA) is 118 Å². The van der Waals surface area contributed by atoms with Crippen molar-refractivity contribution in [3.63, 3.8) is 0 Å². The molecule has 1 aromatic heterocycles. The summed E-state index contributed by atoms with van der Waals surface area (Å²) in [5.41, 5.74) is 1.32. The zero-order valence-electron chi connectivity index (χ0n) is 21.2. The van der Waals surface area contributed by atoms with Crippen molar-refractivity contribution in [3.8, 4) is 11.6 Å². The molecule has 0 bridgehead atoms. The molecule has 15 heteroatoms. The molecule has 2 fully saturated rings. The number of halogens is 6. The molecule has 9 nitrogen and oxygen atoms in total. The molecule has 1 aliphatic carbocycles. The minimum Gasteiger partial charge on any atom is -0.497 e. The Labute approximate surface area is 225 Å². The molecule has 2 aliphatic rings. The SMILES string of the molecule is COc1ccc(CN2CCOC3CC(COc4ccccn4)CC32)cc1.O=C(O)C(F)(F)F.O=C(O)C(F)(F)F. The molecule has 0 spiro atoms. The number of aliphatic carboxylic acids is 2. The van der Waals surface area contributed by atoms with Crippen molar-refractivity contribution in [2.24, 2.45) is 5.92 Å². The average molecular weight is 582 g/mol. The average Bonchev–Trinajstić information content (AvgIpc) is 3.32. The van der Waals surface area contributed by atoms with Crippen LogP contribution in [0.3, 0.4) is 0 Å². The first-order valence-corrected chi connectivity index (χ1v) is 11.8. The monoisotopic (exact) mass is 582 g/mol. The molecule has 0 radical (unpaired) electrons. The van der Waals surface area contributed by atoms with Gasteiger partial charge in [-0.15, -0.1) is 0 Å². The number of pyridine rings is 1. The molecule has 222 valence electrons. The van der Waals surface area contributed by atoms with Gasteiger partial charge in [0, 0.05) is 31.4 Å². The lowest BCUT2D eigenvalue weighted by atomic mass is 10.1. The Hall–Kier alpha value is -3.59. The first kappa shape index (κ1) is 32.6. The lowest BCUT2D eigenvalue weighted by Crippen LogP contribution is -2.47. The summed E-state index contributed by atoms with van der Waals surface area (Å²) in [6.45, 7) is 3.47. The van der Waals surface area contributed by atoms with Gasteiger partial charge in [-0.1, -0.05) is 18.2 Å². The van der Waals surface area contributed by atoms with Crippen LogP contribution in [0.4, 0.5) is 26.3 Å². The molecule has 2 N–H and O–H groups in total. The number of alkyl halides is 6. The lowest BCUT2D eigenvalue weighted by Gasteiger charge is -2.37. The van der Waals surface area contributed by atoms with Gasteiger partial charge in [-0.2, -0.15) is 26.3 Å². The molecule has 3 atom stereocenters. The van der Waals surface area contributed by atoms with Crippen LogP contribution in [0, 0.1) is 5.92 Å². The van der Waals surface area contributed by atoms with Gasteiger partial charge in [-0.3, -0.25) is 4.90 Å². The molecule has 4 rings (SSSR count). The second-order valence-corrected chi connectivity index (χ2v) is 8.72. The second kappa shape index (κ2) is 14.7. The Morgan fingerprint density at radius 2 is 1.60 bits per heavy atom. The van der Waals surface area contributed by atoms with Crippen LogP contribution in [0.5, 0.6) is 11.6 Å². The minimum absolute atomic E-state index is 0.319. The van der Waals surface area contributed by atoms with Crippen LogP contribution in [-0.4, -0.2) is 83.4 Å². The van der Waals surface area contributed by atoms with Gasteiger partial charge in [-0.05, 0) is 42.5 Å². The number of methoxy groups -OCH3 is 1. The molecule has 1 aliphatic heterocycles. The van der Waals surface area contributed by atoms with E-state index in [1.54, 1.807) is 13.3 Å². The van der Waals surface area contributed by atoms with Crippen LogP contribution >= 0.6 is 0 Å². The van der Waals surface area contributed by atoms with Gasteiger partial charge >= 0.3 is 24.3 Å². The molecule has 2 heterocycles. The van der Waals surface area contributed by atoms with E-state index in [0.717, 1.165) is 38.3 Å². The van der Waals surface area contributed by atoms with Gasteiger partial charge in [0.15, 0.2) is 0 Å². The van der Waals surface area contributed by atoms with Gasteiger partial charge in [0.1, 0.15) is 5.75 Å². The van der Waals surface area contributed by atoms with E-state index in [1.807, 2.05) is 30.3 Å². The normalized spacial score (nSPS) is 20.6. The van der Waals surface area contributed by atoms with Crippen LogP contribution in [0.1, 0.15) is 18.4 Å². The lowest BCUT2D eigenvalue weighted by molar-refractivity contribution is -0.193. The van der Waals surface area contributed by atoms with E-state index in [9.17, 15) is 26.3 Å². The molecule has 0 amide bonds. The number of aromatic nitrogens is 1. The highest BCUT2D eigenvalue weighted by Gasteiger charge is 2.41. The second-order valence-electron chi connectivity index (χ2n) is 8.72. The minimum atomic E-state index is -5.08. The fourth-order valence-corrected chi connectivity index (χ4v) is 4.06. The predicted octanol–water partition coefficient (Wildman–Crippen LogP) is 4.42. The van der Waals surface area contributed by atoms with Crippen LogP contribution in [0.2, 0.25) is 0 Å². The first-order chi connectivity index (χ1) is 18.7. The van der Waals surface area contributed by atoms with Crippen molar-refractivity contribution in [1.29, 1.82) is 0 Å². The number of ether oxygens (including phenoxy) is 3. The van der Waals surface area contributed by atoms with Crippen molar-refractivity contribution >= 4 is 11.9 Å².